The first kappa shape index (κ1) is 9.89. The largest absolute Gasteiger partial charge is 0.457 e. The van der Waals surface area contributed by atoms with E-state index in [1.807, 2.05) is 0 Å². The molecule has 2 aliphatic rings. The van der Waals surface area contributed by atoms with Crippen LogP contribution in [0.1, 0.15) is 20.3 Å². The van der Waals surface area contributed by atoms with Crippen molar-refractivity contribution in [1.82, 2.24) is 0 Å². The van der Waals surface area contributed by atoms with E-state index in [4.69, 9.17) is 14.2 Å². The first-order valence-electron chi connectivity index (χ1n) is 4.68. The lowest BCUT2D eigenvalue weighted by atomic mass is 10.1. The van der Waals surface area contributed by atoms with Crippen LogP contribution in [0.2, 0.25) is 0 Å². The quantitative estimate of drug-likeness (QED) is 0.597. The van der Waals surface area contributed by atoms with E-state index in [1.54, 1.807) is 13.8 Å². The Labute approximate surface area is 81.9 Å². The van der Waals surface area contributed by atoms with E-state index in [1.165, 1.54) is 0 Å². The van der Waals surface area contributed by atoms with Gasteiger partial charge in [0.1, 0.15) is 12.2 Å². The van der Waals surface area contributed by atoms with Crippen LogP contribution in [-0.4, -0.2) is 41.8 Å². The Balaban J connectivity index is 1.95. The van der Waals surface area contributed by atoms with Crippen LogP contribution in [0.4, 0.5) is 0 Å². The average Bonchev–Trinajstić information content (AvgIpc) is 2.57. The number of hydrogen-bond acceptors (Lipinski definition) is 5. The summed E-state index contributed by atoms with van der Waals surface area (Å²) in [5.41, 5.74) is 0. The number of rotatable bonds is 1. The molecule has 0 amide bonds. The number of carbonyl (C=O) groups is 1. The fourth-order valence-electron chi connectivity index (χ4n) is 1.72. The molecular formula is C9H14O5. The molecule has 0 aromatic carbocycles. The smallest absolute Gasteiger partial charge is 0.335 e. The van der Waals surface area contributed by atoms with Crippen LogP contribution in [0.15, 0.2) is 0 Å². The van der Waals surface area contributed by atoms with Gasteiger partial charge in [-0.1, -0.05) is 0 Å². The molecule has 2 aliphatic heterocycles. The maximum absolute atomic E-state index is 10.9. The van der Waals surface area contributed by atoms with E-state index < -0.39 is 17.9 Å². The molecule has 0 bridgehead atoms. The number of hydrogen-bond donors (Lipinski definition) is 1. The number of aliphatic hydroxyl groups is 1. The number of carbonyl (C=O) groups excluding carboxylic acids is 1. The molecule has 0 aromatic rings. The Hall–Kier alpha value is -0.650. The van der Waals surface area contributed by atoms with Crippen molar-refractivity contribution in [2.24, 2.45) is 0 Å². The van der Waals surface area contributed by atoms with E-state index >= 15 is 0 Å². The Bertz CT molecular complexity index is 250. The van der Waals surface area contributed by atoms with Gasteiger partial charge in [-0.15, -0.1) is 0 Å². The third-order valence-corrected chi connectivity index (χ3v) is 2.44. The van der Waals surface area contributed by atoms with Crippen LogP contribution in [-0.2, 0) is 19.0 Å². The van der Waals surface area contributed by atoms with Crippen LogP contribution in [0.3, 0.4) is 0 Å². The molecular weight excluding hydrogens is 188 g/mol. The van der Waals surface area contributed by atoms with Crippen molar-refractivity contribution < 1.29 is 24.1 Å². The van der Waals surface area contributed by atoms with E-state index in [2.05, 4.69) is 0 Å². The van der Waals surface area contributed by atoms with Gasteiger partial charge in [0.25, 0.3) is 0 Å². The molecule has 0 aromatic heterocycles. The average molecular weight is 202 g/mol. The molecule has 0 radical (unpaired) electrons. The Morgan fingerprint density at radius 1 is 1.43 bits per heavy atom. The van der Waals surface area contributed by atoms with Crippen molar-refractivity contribution in [3.8, 4) is 0 Å². The number of ether oxygens (including phenoxy) is 3. The normalized spacial score (nSPS) is 41.4. The molecule has 1 N–H and O–H groups in total. The summed E-state index contributed by atoms with van der Waals surface area (Å²) in [5.74, 6) is -1.19. The summed E-state index contributed by atoms with van der Waals surface area (Å²) in [5, 5.41) is 9.19. The molecule has 0 aliphatic carbocycles. The molecule has 5 heteroatoms. The Morgan fingerprint density at radius 3 is 2.57 bits per heavy atom. The second kappa shape index (κ2) is 3.18. The Morgan fingerprint density at radius 2 is 2.14 bits per heavy atom. The number of esters is 1. The molecule has 5 nitrogen and oxygen atoms in total. The van der Waals surface area contributed by atoms with Gasteiger partial charge < -0.3 is 19.3 Å². The van der Waals surface area contributed by atoms with E-state index in [0.717, 1.165) is 0 Å². The van der Waals surface area contributed by atoms with Gasteiger partial charge in [0, 0.05) is 6.42 Å². The molecule has 80 valence electrons. The highest BCUT2D eigenvalue weighted by molar-refractivity contribution is 5.76. The maximum atomic E-state index is 10.9. The summed E-state index contributed by atoms with van der Waals surface area (Å²) in [6.07, 6.45) is -1.35. The summed E-state index contributed by atoms with van der Waals surface area (Å²) in [7, 11) is 0. The standard InChI is InChI=1S/C9H14O5/c1-9(2)12-4-7(14-9)6-3-5(10)8(11)13-6/h5-7,10H,3-4H2,1-2H3/t5?,6-,7+/m1/s1. The zero-order chi connectivity index (χ0) is 10.3. The van der Waals surface area contributed by atoms with Gasteiger partial charge in [-0.05, 0) is 13.8 Å². The SMILES string of the molecule is CC1(C)OC[C@@H]([C@H]2CC(O)C(=O)O2)O1. The van der Waals surface area contributed by atoms with Crippen LogP contribution < -0.4 is 0 Å². The number of aliphatic hydroxyl groups excluding tert-OH is 1. The summed E-state index contributed by atoms with van der Waals surface area (Å²) in [4.78, 5) is 10.9. The van der Waals surface area contributed by atoms with Gasteiger partial charge in [-0.2, -0.15) is 0 Å². The first-order valence-corrected chi connectivity index (χ1v) is 4.68. The van der Waals surface area contributed by atoms with Crippen LogP contribution >= 0.6 is 0 Å². The summed E-state index contributed by atoms with van der Waals surface area (Å²) in [6.45, 7) is 4.01. The van der Waals surface area contributed by atoms with Gasteiger partial charge in [-0.3, -0.25) is 0 Å². The van der Waals surface area contributed by atoms with Gasteiger partial charge in [0.2, 0.25) is 0 Å². The van der Waals surface area contributed by atoms with Crippen LogP contribution in [0.5, 0.6) is 0 Å². The molecule has 2 fully saturated rings. The van der Waals surface area contributed by atoms with E-state index in [0.29, 0.717) is 13.0 Å². The molecule has 14 heavy (non-hydrogen) atoms. The van der Waals surface area contributed by atoms with Crippen molar-refractivity contribution in [3.05, 3.63) is 0 Å². The lowest BCUT2D eigenvalue weighted by Gasteiger charge is -2.19. The predicted molar refractivity (Wildman–Crippen MR) is 45.4 cm³/mol. The lowest BCUT2D eigenvalue weighted by molar-refractivity contribution is -0.163. The third kappa shape index (κ3) is 1.75. The summed E-state index contributed by atoms with van der Waals surface area (Å²) < 4.78 is 15.8. The van der Waals surface area contributed by atoms with Crippen LogP contribution in [0.25, 0.3) is 0 Å². The monoisotopic (exact) mass is 202 g/mol. The van der Waals surface area contributed by atoms with Crippen molar-refractivity contribution in [1.29, 1.82) is 0 Å². The third-order valence-electron chi connectivity index (χ3n) is 2.44. The first-order chi connectivity index (χ1) is 6.48. The van der Waals surface area contributed by atoms with Gasteiger partial charge >= 0.3 is 5.97 Å². The molecule has 2 heterocycles. The van der Waals surface area contributed by atoms with Crippen molar-refractivity contribution in [3.63, 3.8) is 0 Å². The Kier molecular flexibility index (Phi) is 2.25. The second-order valence-corrected chi connectivity index (χ2v) is 4.09. The minimum absolute atomic E-state index is 0.258. The highest BCUT2D eigenvalue weighted by atomic mass is 16.8. The minimum Gasteiger partial charge on any atom is -0.457 e. The molecule has 1 unspecified atom stereocenters. The van der Waals surface area contributed by atoms with Crippen molar-refractivity contribution in [2.45, 2.75) is 44.4 Å². The fourth-order valence-corrected chi connectivity index (χ4v) is 1.72. The molecule has 2 rings (SSSR count). The van der Waals surface area contributed by atoms with Gasteiger partial charge in [0.15, 0.2) is 11.9 Å². The predicted octanol–water partition coefficient (Wildman–Crippen LogP) is -0.186. The fraction of sp³-hybridized carbons (Fsp3) is 0.889. The van der Waals surface area contributed by atoms with Gasteiger partial charge in [0.05, 0.1) is 6.61 Å². The summed E-state index contributed by atoms with van der Waals surface area (Å²) in [6, 6.07) is 0. The van der Waals surface area contributed by atoms with Crippen molar-refractivity contribution in [2.75, 3.05) is 6.61 Å². The maximum Gasteiger partial charge on any atom is 0.335 e. The molecule has 0 saturated carbocycles. The summed E-state index contributed by atoms with van der Waals surface area (Å²) >= 11 is 0. The van der Waals surface area contributed by atoms with E-state index in [9.17, 15) is 9.90 Å². The zero-order valence-electron chi connectivity index (χ0n) is 8.23. The minimum atomic E-state index is -1.01. The topological polar surface area (TPSA) is 65.0 Å². The molecule has 2 saturated heterocycles. The molecule has 3 atom stereocenters. The highest BCUT2D eigenvalue weighted by Crippen LogP contribution is 2.29. The molecule has 0 spiro atoms. The van der Waals surface area contributed by atoms with Crippen molar-refractivity contribution >= 4 is 5.97 Å². The van der Waals surface area contributed by atoms with Gasteiger partial charge in [-0.25, -0.2) is 4.79 Å². The second-order valence-electron chi connectivity index (χ2n) is 4.09. The zero-order valence-corrected chi connectivity index (χ0v) is 8.23. The van der Waals surface area contributed by atoms with E-state index in [-0.39, 0.29) is 12.2 Å². The van der Waals surface area contributed by atoms with Crippen LogP contribution in [0, 0.1) is 0 Å². The number of cyclic esters (lactones) is 1. The highest BCUT2D eigenvalue weighted by Gasteiger charge is 2.44. The lowest BCUT2D eigenvalue weighted by Crippen LogP contribution is -2.30.